The summed E-state index contributed by atoms with van der Waals surface area (Å²) in [5, 5.41) is 8.97. The van der Waals surface area contributed by atoms with Gasteiger partial charge in [-0.3, -0.25) is 4.79 Å². The van der Waals surface area contributed by atoms with Gasteiger partial charge in [-0.1, -0.05) is 49.4 Å². The fourth-order valence-electron chi connectivity index (χ4n) is 4.48. The second kappa shape index (κ2) is 9.09. The lowest BCUT2D eigenvalue weighted by Crippen LogP contribution is -2.36. The molecule has 7 heteroatoms. The SMILES string of the molecule is CCc1c(C(=O)NC2CCCCC2)nn(-c2ccc(Cl)c(Cl)c2)c1-n1c(C)ccc1C. The zero-order valence-corrected chi connectivity index (χ0v) is 19.7. The van der Waals surface area contributed by atoms with Crippen LogP contribution in [0.5, 0.6) is 0 Å². The number of nitrogens with one attached hydrogen (secondary N) is 1. The maximum absolute atomic E-state index is 13.3. The first kappa shape index (κ1) is 22.0. The quantitative estimate of drug-likeness (QED) is 0.493. The van der Waals surface area contributed by atoms with Gasteiger partial charge in [-0.05, 0) is 63.4 Å². The first-order valence-electron chi connectivity index (χ1n) is 10.9. The van der Waals surface area contributed by atoms with Gasteiger partial charge in [0, 0.05) is 23.0 Å². The highest BCUT2D eigenvalue weighted by Crippen LogP contribution is 2.30. The normalized spacial score (nSPS) is 14.7. The Morgan fingerprint density at radius 1 is 1.06 bits per heavy atom. The van der Waals surface area contributed by atoms with E-state index in [-0.39, 0.29) is 11.9 Å². The Hall–Kier alpha value is -2.24. The predicted octanol–water partition coefficient (Wildman–Crippen LogP) is 6.21. The average molecular weight is 459 g/mol. The predicted molar refractivity (Wildman–Crippen MR) is 126 cm³/mol. The largest absolute Gasteiger partial charge is 0.348 e. The molecule has 5 nitrogen and oxygen atoms in total. The molecule has 164 valence electrons. The van der Waals surface area contributed by atoms with E-state index in [1.54, 1.807) is 12.1 Å². The minimum absolute atomic E-state index is 0.105. The van der Waals surface area contributed by atoms with Crippen molar-refractivity contribution in [3.05, 3.63) is 63.0 Å². The number of amides is 1. The number of halogens is 2. The second-order valence-corrected chi connectivity index (χ2v) is 9.09. The molecule has 3 aromatic rings. The molecule has 1 saturated carbocycles. The number of carbonyl (C=O) groups excluding carboxylic acids is 1. The number of aryl methyl sites for hydroxylation is 2. The number of carbonyl (C=O) groups is 1. The molecule has 1 aliphatic carbocycles. The topological polar surface area (TPSA) is 51.9 Å². The van der Waals surface area contributed by atoms with Crippen molar-refractivity contribution < 1.29 is 4.79 Å². The van der Waals surface area contributed by atoms with Gasteiger partial charge in [0.05, 0.1) is 15.7 Å². The monoisotopic (exact) mass is 458 g/mol. The molecule has 1 N–H and O–H groups in total. The summed E-state index contributed by atoms with van der Waals surface area (Å²) in [5.74, 6) is 0.765. The molecule has 2 heterocycles. The Morgan fingerprint density at radius 2 is 1.74 bits per heavy atom. The van der Waals surface area contributed by atoms with Crippen molar-refractivity contribution in [3.8, 4) is 11.5 Å². The lowest BCUT2D eigenvalue weighted by Gasteiger charge is -2.22. The third kappa shape index (κ3) is 4.26. The third-order valence-electron chi connectivity index (χ3n) is 6.10. The van der Waals surface area contributed by atoms with E-state index < -0.39 is 0 Å². The van der Waals surface area contributed by atoms with Gasteiger partial charge in [0.2, 0.25) is 0 Å². The average Bonchev–Trinajstić information content (AvgIpc) is 3.29. The molecule has 1 fully saturated rings. The maximum atomic E-state index is 13.3. The Labute approximate surface area is 193 Å². The zero-order valence-electron chi connectivity index (χ0n) is 18.2. The molecule has 1 aliphatic rings. The molecule has 0 radical (unpaired) electrons. The highest BCUT2D eigenvalue weighted by Gasteiger charge is 2.27. The number of hydrogen-bond acceptors (Lipinski definition) is 2. The summed E-state index contributed by atoms with van der Waals surface area (Å²) in [4.78, 5) is 13.3. The second-order valence-electron chi connectivity index (χ2n) is 8.27. The first-order valence-corrected chi connectivity index (χ1v) is 11.7. The molecule has 0 unspecified atom stereocenters. The molecule has 1 aromatic carbocycles. The van der Waals surface area contributed by atoms with Crippen molar-refractivity contribution in [1.82, 2.24) is 19.7 Å². The minimum atomic E-state index is -0.105. The maximum Gasteiger partial charge on any atom is 0.272 e. The van der Waals surface area contributed by atoms with E-state index in [1.807, 2.05) is 10.7 Å². The molecular formula is C24H28Cl2N4O. The summed E-state index contributed by atoms with van der Waals surface area (Å²) < 4.78 is 3.96. The van der Waals surface area contributed by atoms with E-state index in [0.717, 1.165) is 54.1 Å². The fourth-order valence-corrected chi connectivity index (χ4v) is 4.77. The van der Waals surface area contributed by atoms with Crippen LogP contribution < -0.4 is 5.32 Å². The van der Waals surface area contributed by atoms with Gasteiger partial charge in [-0.25, -0.2) is 4.68 Å². The molecule has 0 aliphatic heterocycles. The Bertz CT molecular complexity index is 1090. The van der Waals surface area contributed by atoms with Crippen molar-refractivity contribution in [2.45, 2.75) is 65.3 Å². The van der Waals surface area contributed by atoms with Crippen LogP contribution in [0.1, 0.15) is 66.5 Å². The van der Waals surface area contributed by atoms with Crippen LogP contribution in [0.4, 0.5) is 0 Å². The summed E-state index contributed by atoms with van der Waals surface area (Å²) >= 11 is 12.5. The molecule has 31 heavy (non-hydrogen) atoms. The van der Waals surface area contributed by atoms with E-state index in [9.17, 15) is 4.79 Å². The summed E-state index contributed by atoms with van der Waals surface area (Å²) in [6.45, 7) is 6.17. The number of aromatic nitrogens is 3. The molecule has 0 saturated heterocycles. The molecule has 1 amide bonds. The lowest BCUT2D eigenvalue weighted by atomic mass is 9.95. The van der Waals surface area contributed by atoms with Crippen LogP contribution in [0.3, 0.4) is 0 Å². The number of hydrogen-bond donors (Lipinski definition) is 1. The van der Waals surface area contributed by atoms with Crippen molar-refractivity contribution in [2.24, 2.45) is 0 Å². The van der Waals surface area contributed by atoms with Gasteiger partial charge in [-0.2, -0.15) is 5.10 Å². The van der Waals surface area contributed by atoms with Crippen LogP contribution in [-0.2, 0) is 6.42 Å². The highest BCUT2D eigenvalue weighted by molar-refractivity contribution is 6.42. The van der Waals surface area contributed by atoms with Gasteiger partial charge in [0.25, 0.3) is 5.91 Å². The minimum Gasteiger partial charge on any atom is -0.348 e. The number of benzene rings is 1. The van der Waals surface area contributed by atoms with E-state index in [2.05, 4.69) is 42.8 Å². The van der Waals surface area contributed by atoms with E-state index >= 15 is 0 Å². The molecular weight excluding hydrogens is 431 g/mol. The highest BCUT2D eigenvalue weighted by atomic mass is 35.5. The van der Waals surface area contributed by atoms with Gasteiger partial charge in [0.1, 0.15) is 5.82 Å². The number of rotatable bonds is 5. The molecule has 4 rings (SSSR count). The molecule has 2 aromatic heterocycles. The van der Waals surface area contributed by atoms with Crippen LogP contribution >= 0.6 is 23.2 Å². The summed E-state index contributed by atoms with van der Waals surface area (Å²) in [6, 6.07) is 9.79. The summed E-state index contributed by atoms with van der Waals surface area (Å²) in [6.07, 6.45) is 6.31. The molecule has 0 spiro atoms. The summed E-state index contributed by atoms with van der Waals surface area (Å²) in [7, 11) is 0. The first-order chi connectivity index (χ1) is 14.9. The van der Waals surface area contributed by atoms with Crippen molar-refractivity contribution in [1.29, 1.82) is 0 Å². The van der Waals surface area contributed by atoms with E-state index in [4.69, 9.17) is 28.3 Å². The van der Waals surface area contributed by atoms with Gasteiger partial charge in [-0.15, -0.1) is 0 Å². The van der Waals surface area contributed by atoms with E-state index in [0.29, 0.717) is 22.2 Å². The Balaban J connectivity index is 1.86. The van der Waals surface area contributed by atoms with Crippen LogP contribution in [-0.4, -0.2) is 26.3 Å². The Morgan fingerprint density at radius 3 is 2.35 bits per heavy atom. The van der Waals surface area contributed by atoms with Crippen LogP contribution in [0.2, 0.25) is 10.0 Å². The van der Waals surface area contributed by atoms with Crippen LogP contribution in [0.15, 0.2) is 30.3 Å². The third-order valence-corrected chi connectivity index (χ3v) is 6.84. The standard InChI is InChI=1S/C24H28Cl2N4O/c1-4-19-22(23(31)27-17-8-6-5-7-9-17)28-30(18-12-13-20(25)21(26)14-18)24(19)29-15(2)10-11-16(29)3/h10-14,17H,4-9H2,1-3H3,(H,27,31). The molecule has 0 bridgehead atoms. The van der Waals surface area contributed by atoms with Gasteiger partial charge in [0.15, 0.2) is 5.69 Å². The fraction of sp³-hybridized carbons (Fsp3) is 0.417. The Kier molecular flexibility index (Phi) is 6.44. The number of nitrogens with zero attached hydrogens (tertiary/aromatic N) is 3. The van der Waals surface area contributed by atoms with Crippen molar-refractivity contribution >= 4 is 29.1 Å². The van der Waals surface area contributed by atoms with Crippen molar-refractivity contribution in [3.63, 3.8) is 0 Å². The zero-order chi connectivity index (χ0) is 22.1. The van der Waals surface area contributed by atoms with Gasteiger partial charge >= 0.3 is 0 Å². The van der Waals surface area contributed by atoms with Crippen molar-refractivity contribution in [2.75, 3.05) is 0 Å². The smallest absolute Gasteiger partial charge is 0.272 e. The van der Waals surface area contributed by atoms with Crippen LogP contribution in [0, 0.1) is 13.8 Å². The lowest BCUT2D eigenvalue weighted by molar-refractivity contribution is 0.0921. The summed E-state index contributed by atoms with van der Waals surface area (Å²) in [5.41, 5.74) is 4.31. The molecule has 0 atom stereocenters. The van der Waals surface area contributed by atoms with Gasteiger partial charge < -0.3 is 9.88 Å². The van der Waals surface area contributed by atoms with Crippen LogP contribution in [0.25, 0.3) is 11.5 Å². The van der Waals surface area contributed by atoms with E-state index in [1.165, 1.54) is 6.42 Å².